The van der Waals surface area contributed by atoms with E-state index in [4.69, 9.17) is 4.98 Å². The molecule has 2 aromatic rings. The minimum atomic E-state index is 1.13. The average molecular weight is 281 g/mol. The van der Waals surface area contributed by atoms with Gasteiger partial charge in [-0.1, -0.05) is 11.6 Å². The molecule has 1 aliphatic heterocycles. The summed E-state index contributed by atoms with van der Waals surface area (Å²) in [5.74, 6) is 0. The smallest absolute Gasteiger partial charge is 0.0726 e. The van der Waals surface area contributed by atoms with Crippen molar-refractivity contribution in [2.45, 2.75) is 26.2 Å². The maximum absolute atomic E-state index is 4.93. The topological polar surface area (TPSA) is 19.4 Å². The number of fused-ring (bicyclic) bond motifs is 2. The van der Waals surface area contributed by atoms with Crippen LogP contribution in [0.3, 0.4) is 0 Å². The third-order valence-corrected chi connectivity index (χ3v) is 4.96. The number of benzene rings is 1. The predicted octanol–water partition coefficient (Wildman–Crippen LogP) is 2.78. The molecule has 2 aliphatic rings. The van der Waals surface area contributed by atoms with Crippen LogP contribution in [0.5, 0.6) is 0 Å². The fourth-order valence-electron chi connectivity index (χ4n) is 3.74. The standard InChI is InChI=1S/C18H23N3/c1-13-6-7-17-15(12-13)18(14-4-3-5-16(14)19-17)21-10-8-20(2)9-11-21/h6-7,12H,3-5,8-11H2,1-2H3. The Labute approximate surface area is 126 Å². The number of pyridine rings is 1. The van der Waals surface area contributed by atoms with Crippen LogP contribution in [-0.2, 0) is 12.8 Å². The van der Waals surface area contributed by atoms with Crippen LogP contribution >= 0.6 is 0 Å². The van der Waals surface area contributed by atoms with Crippen molar-refractivity contribution in [3.8, 4) is 0 Å². The Kier molecular flexibility index (Phi) is 3.11. The molecule has 3 nitrogen and oxygen atoms in total. The molecule has 0 saturated carbocycles. The molecular weight excluding hydrogens is 258 g/mol. The molecule has 1 aromatic heterocycles. The summed E-state index contributed by atoms with van der Waals surface area (Å²) in [6, 6.07) is 6.71. The Balaban J connectivity index is 1.90. The Morgan fingerprint density at radius 3 is 2.67 bits per heavy atom. The lowest BCUT2D eigenvalue weighted by molar-refractivity contribution is 0.313. The van der Waals surface area contributed by atoms with Crippen LogP contribution in [0.4, 0.5) is 5.69 Å². The maximum Gasteiger partial charge on any atom is 0.0726 e. The van der Waals surface area contributed by atoms with Crippen molar-refractivity contribution in [3.63, 3.8) is 0 Å². The maximum atomic E-state index is 4.93. The quantitative estimate of drug-likeness (QED) is 0.801. The predicted molar refractivity (Wildman–Crippen MR) is 88.2 cm³/mol. The van der Waals surface area contributed by atoms with Crippen molar-refractivity contribution in [2.24, 2.45) is 0 Å². The summed E-state index contributed by atoms with van der Waals surface area (Å²) < 4.78 is 0. The second-order valence-corrected chi connectivity index (χ2v) is 6.55. The molecule has 2 heterocycles. The molecule has 0 radical (unpaired) electrons. The van der Waals surface area contributed by atoms with Gasteiger partial charge in [0.1, 0.15) is 0 Å². The first-order valence-electron chi connectivity index (χ1n) is 8.08. The zero-order valence-electron chi connectivity index (χ0n) is 13.0. The van der Waals surface area contributed by atoms with Crippen LogP contribution in [0.1, 0.15) is 23.2 Å². The van der Waals surface area contributed by atoms with Gasteiger partial charge in [0, 0.05) is 37.3 Å². The van der Waals surface area contributed by atoms with E-state index in [0.29, 0.717) is 0 Å². The van der Waals surface area contributed by atoms with Gasteiger partial charge in [-0.2, -0.15) is 0 Å². The summed E-state index contributed by atoms with van der Waals surface area (Å²) in [7, 11) is 2.22. The summed E-state index contributed by atoms with van der Waals surface area (Å²) in [5, 5.41) is 1.36. The summed E-state index contributed by atoms with van der Waals surface area (Å²) in [5.41, 5.74) is 6.87. The molecule has 110 valence electrons. The van der Waals surface area contributed by atoms with E-state index in [2.05, 4.69) is 42.0 Å². The van der Waals surface area contributed by atoms with E-state index >= 15 is 0 Å². The van der Waals surface area contributed by atoms with Gasteiger partial charge in [-0.05, 0) is 50.9 Å². The number of hydrogen-bond donors (Lipinski definition) is 0. The first-order valence-corrected chi connectivity index (χ1v) is 8.08. The number of nitrogens with zero attached hydrogens (tertiary/aromatic N) is 3. The normalized spacial score (nSPS) is 19.2. The number of hydrogen-bond acceptors (Lipinski definition) is 3. The van der Waals surface area contributed by atoms with Crippen molar-refractivity contribution >= 4 is 16.6 Å². The van der Waals surface area contributed by atoms with E-state index < -0.39 is 0 Å². The molecule has 1 saturated heterocycles. The number of piperazine rings is 1. The zero-order chi connectivity index (χ0) is 14.4. The highest BCUT2D eigenvalue weighted by Gasteiger charge is 2.25. The molecule has 0 spiro atoms. The Bertz CT molecular complexity index is 684. The number of aryl methyl sites for hydroxylation is 2. The molecule has 1 aliphatic carbocycles. The van der Waals surface area contributed by atoms with Gasteiger partial charge in [0.2, 0.25) is 0 Å². The van der Waals surface area contributed by atoms with Crippen LogP contribution < -0.4 is 4.90 Å². The lowest BCUT2D eigenvalue weighted by Crippen LogP contribution is -2.45. The van der Waals surface area contributed by atoms with Crippen molar-refractivity contribution in [2.75, 3.05) is 38.1 Å². The molecule has 0 atom stereocenters. The molecule has 4 rings (SSSR count). The van der Waals surface area contributed by atoms with E-state index in [1.165, 1.54) is 46.3 Å². The van der Waals surface area contributed by atoms with Gasteiger partial charge >= 0.3 is 0 Å². The second kappa shape index (κ2) is 4.99. The van der Waals surface area contributed by atoms with Gasteiger partial charge in [0.15, 0.2) is 0 Å². The van der Waals surface area contributed by atoms with Gasteiger partial charge in [-0.3, -0.25) is 4.98 Å². The van der Waals surface area contributed by atoms with Gasteiger partial charge in [-0.15, -0.1) is 0 Å². The molecule has 0 unspecified atom stereocenters. The van der Waals surface area contributed by atoms with Gasteiger partial charge in [0.05, 0.1) is 11.2 Å². The summed E-state index contributed by atoms with van der Waals surface area (Å²) in [6.45, 7) is 6.77. The summed E-state index contributed by atoms with van der Waals surface area (Å²) >= 11 is 0. The minimum Gasteiger partial charge on any atom is -0.368 e. The average Bonchev–Trinajstić information content (AvgIpc) is 2.94. The zero-order valence-corrected chi connectivity index (χ0v) is 13.0. The summed E-state index contributed by atoms with van der Waals surface area (Å²) in [6.07, 6.45) is 3.62. The van der Waals surface area contributed by atoms with E-state index in [1.54, 1.807) is 0 Å². The molecule has 0 N–H and O–H groups in total. The van der Waals surface area contributed by atoms with E-state index in [1.807, 2.05) is 0 Å². The monoisotopic (exact) mass is 281 g/mol. The number of rotatable bonds is 1. The van der Waals surface area contributed by atoms with Crippen LogP contribution in [0.2, 0.25) is 0 Å². The van der Waals surface area contributed by atoms with E-state index in [9.17, 15) is 0 Å². The lowest BCUT2D eigenvalue weighted by Gasteiger charge is -2.36. The Morgan fingerprint density at radius 2 is 1.86 bits per heavy atom. The third-order valence-electron chi connectivity index (χ3n) is 4.96. The van der Waals surface area contributed by atoms with Crippen LogP contribution in [0, 0.1) is 6.92 Å². The number of likely N-dealkylation sites (N-methyl/N-ethyl adjacent to an activating group) is 1. The highest BCUT2D eigenvalue weighted by molar-refractivity contribution is 5.94. The van der Waals surface area contributed by atoms with Crippen molar-refractivity contribution in [1.82, 2.24) is 9.88 Å². The molecule has 21 heavy (non-hydrogen) atoms. The number of anilines is 1. The van der Waals surface area contributed by atoms with Crippen LogP contribution in [-0.4, -0.2) is 43.1 Å². The van der Waals surface area contributed by atoms with E-state index in [-0.39, 0.29) is 0 Å². The minimum absolute atomic E-state index is 1.13. The molecule has 3 heteroatoms. The summed E-state index contributed by atoms with van der Waals surface area (Å²) in [4.78, 5) is 9.96. The van der Waals surface area contributed by atoms with Crippen molar-refractivity contribution in [1.29, 1.82) is 0 Å². The largest absolute Gasteiger partial charge is 0.368 e. The first kappa shape index (κ1) is 13.1. The van der Waals surface area contributed by atoms with Crippen LogP contribution in [0.15, 0.2) is 18.2 Å². The lowest BCUT2D eigenvalue weighted by atomic mass is 10.0. The molecular formula is C18H23N3. The second-order valence-electron chi connectivity index (χ2n) is 6.55. The molecule has 0 amide bonds. The third kappa shape index (κ3) is 2.20. The molecule has 1 aromatic carbocycles. The van der Waals surface area contributed by atoms with Gasteiger partial charge in [-0.25, -0.2) is 0 Å². The van der Waals surface area contributed by atoms with Crippen molar-refractivity contribution in [3.05, 3.63) is 35.0 Å². The fraction of sp³-hybridized carbons (Fsp3) is 0.500. The fourth-order valence-corrected chi connectivity index (χ4v) is 3.74. The first-order chi connectivity index (χ1) is 10.2. The Morgan fingerprint density at radius 1 is 1.05 bits per heavy atom. The Hall–Kier alpha value is -1.61. The SMILES string of the molecule is Cc1ccc2nc3c(c(N4CCN(C)CC4)c2c1)CCC3. The van der Waals surface area contributed by atoms with Gasteiger partial charge < -0.3 is 9.80 Å². The van der Waals surface area contributed by atoms with Gasteiger partial charge in [0.25, 0.3) is 0 Å². The van der Waals surface area contributed by atoms with E-state index in [0.717, 1.165) is 32.6 Å². The molecule has 1 fully saturated rings. The highest BCUT2D eigenvalue weighted by Crippen LogP contribution is 2.37. The number of aromatic nitrogens is 1. The van der Waals surface area contributed by atoms with Crippen molar-refractivity contribution < 1.29 is 0 Å². The van der Waals surface area contributed by atoms with Crippen LogP contribution in [0.25, 0.3) is 10.9 Å². The molecule has 0 bridgehead atoms. The highest BCUT2D eigenvalue weighted by atomic mass is 15.2.